The van der Waals surface area contributed by atoms with Gasteiger partial charge in [0.2, 0.25) is 6.10 Å². The standard InChI is InChI=1S/C28H24N2O6/c1-34-23(31)18-22-24(19-12-6-3-7-13-19)25(30(29-22)21-16-10-5-11-17-21)26(28(33)35-2)36-27(32)20-14-8-4-9-15-20/h3-17,26H,18H2,1-2H3. The van der Waals surface area contributed by atoms with Gasteiger partial charge in [-0.05, 0) is 29.8 Å². The van der Waals surface area contributed by atoms with Crippen LogP contribution in [0.2, 0.25) is 0 Å². The van der Waals surface area contributed by atoms with Crippen molar-refractivity contribution in [2.45, 2.75) is 12.5 Å². The second-order valence-corrected chi connectivity index (χ2v) is 7.75. The number of hydrogen-bond donors (Lipinski definition) is 0. The van der Waals surface area contributed by atoms with E-state index in [1.54, 1.807) is 42.5 Å². The van der Waals surface area contributed by atoms with Gasteiger partial charge in [0.15, 0.2) is 0 Å². The van der Waals surface area contributed by atoms with E-state index in [0.717, 1.165) is 0 Å². The fourth-order valence-corrected chi connectivity index (χ4v) is 3.81. The van der Waals surface area contributed by atoms with Gasteiger partial charge in [0.05, 0.1) is 37.6 Å². The van der Waals surface area contributed by atoms with Crippen molar-refractivity contribution in [3.8, 4) is 16.8 Å². The lowest BCUT2D eigenvalue weighted by Crippen LogP contribution is -2.24. The van der Waals surface area contributed by atoms with Gasteiger partial charge < -0.3 is 14.2 Å². The molecule has 0 amide bonds. The van der Waals surface area contributed by atoms with Crippen LogP contribution in [0.5, 0.6) is 0 Å². The van der Waals surface area contributed by atoms with E-state index >= 15 is 0 Å². The molecule has 0 radical (unpaired) electrons. The molecule has 36 heavy (non-hydrogen) atoms. The first-order chi connectivity index (χ1) is 17.5. The Labute approximate surface area is 208 Å². The molecule has 0 bridgehead atoms. The van der Waals surface area contributed by atoms with Crippen molar-refractivity contribution in [3.05, 3.63) is 108 Å². The minimum absolute atomic E-state index is 0.159. The summed E-state index contributed by atoms with van der Waals surface area (Å²) < 4.78 is 17.2. The summed E-state index contributed by atoms with van der Waals surface area (Å²) in [5.41, 5.74) is 2.64. The molecule has 1 aromatic heterocycles. The topological polar surface area (TPSA) is 96.7 Å². The van der Waals surface area contributed by atoms with Crippen LogP contribution >= 0.6 is 0 Å². The van der Waals surface area contributed by atoms with E-state index in [-0.39, 0.29) is 17.7 Å². The molecule has 0 N–H and O–H groups in total. The van der Waals surface area contributed by atoms with Crippen molar-refractivity contribution in [2.24, 2.45) is 0 Å². The number of nitrogens with zero attached hydrogens (tertiary/aromatic N) is 2. The van der Waals surface area contributed by atoms with Gasteiger partial charge in [0, 0.05) is 5.56 Å². The third kappa shape index (κ3) is 5.17. The molecule has 1 atom stereocenters. The maximum Gasteiger partial charge on any atom is 0.353 e. The van der Waals surface area contributed by atoms with E-state index in [1.165, 1.54) is 18.9 Å². The molecule has 8 nitrogen and oxygen atoms in total. The monoisotopic (exact) mass is 484 g/mol. The van der Waals surface area contributed by atoms with Crippen LogP contribution in [0.3, 0.4) is 0 Å². The van der Waals surface area contributed by atoms with E-state index < -0.39 is 24.0 Å². The highest BCUT2D eigenvalue weighted by Gasteiger charge is 2.36. The number of para-hydroxylation sites is 1. The highest BCUT2D eigenvalue weighted by molar-refractivity contribution is 5.92. The molecule has 0 saturated heterocycles. The molecule has 3 aromatic carbocycles. The van der Waals surface area contributed by atoms with E-state index in [4.69, 9.17) is 14.2 Å². The Balaban J connectivity index is 1.97. The number of esters is 3. The smallest absolute Gasteiger partial charge is 0.353 e. The Morgan fingerprint density at radius 3 is 1.97 bits per heavy atom. The maximum atomic E-state index is 13.1. The van der Waals surface area contributed by atoms with Gasteiger partial charge in [-0.2, -0.15) is 5.10 Å². The lowest BCUT2D eigenvalue weighted by molar-refractivity contribution is -0.151. The Hall–Kier alpha value is -4.72. The molecule has 4 rings (SSSR count). The number of aromatic nitrogens is 2. The van der Waals surface area contributed by atoms with Gasteiger partial charge in [-0.1, -0.05) is 66.7 Å². The van der Waals surface area contributed by atoms with Crippen molar-refractivity contribution < 1.29 is 28.6 Å². The fraction of sp³-hybridized carbons (Fsp3) is 0.143. The Morgan fingerprint density at radius 2 is 1.39 bits per heavy atom. The zero-order chi connectivity index (χ0) is 25.5. The first-order valence-electron chi connectivity index (χ1n) is 11.2. The van der Waals surface area contributed by atoms with E-state index in [0.29, 0.717) is 22.5 Å². The highest BCUT2D eigenvalue weighted by atomic mass is 16.6. The van der Waals surface area contributed by atoms with Crippen LogP contribution in [0.4, 0.5) is 0 Å². The summed E-state index contributed by atoms with van der Waals surface area (Å²) in [5.74, 6) is -2.01. The normalized spacial score (nSPS) is 11.4. The Bertz CT molecular complexity index is 1350. The minimum atomic E-state index is -1.47. The fourth-order valence-electron chi connectivity index (χ4n) is 3.81. The molecule has 0 aliphatic heterocycles. The molecule has 0 spiro atoms. The van der Waals surface area contributed by atoms with Crippen molar-refractivity contribution in [1.29, 1.82) is 0 Å². The van der Waals surface area contributed by atoms with Crippen LogP contribution in [0.15, 0.2) is 91.0 Å². The maximum absolute atomic E-state index is 13.1. The lowest BCUT2D eigenvalue weighted by Gasteiger charge is -2.19. The summed E-state index contributed by atoms with van der Waals surface area (Å²) in [5, 5.41) is 4.68. The van der Waals surface area contributed by atoms with Crippen LogP contribution in [0, 0.1) is 0 Å². The average Bonchev–Trinajstić information content (AvgIpc) is 3.31. The van der Waals surface area contributed by atoms with E-state index in [2.05, 4.69) is 5.10 Å². The molecule has 0 fully saturated rings. The summed E-state index contributed by atoms with van der Waals surface area (Å²) >= 11 is 0. The van der Waals surface area contributed by atoms with Gasteiger partial charge in [-0.15, -0.1) is 0 Å². The molecule has 0 saturated carbocycles. The molecule has 182 valence electrons. The predicted octanol–water partition coefficient (Wildman–Crippen LogP) is 4.33. The van der Waals surface area contributed by atoms with Crippen molar-refractivity contribution in [3.63, 3.8) is 0 Å². The molecular weight excluding hydrogens is 460 g/mol. The largest absolute Gasteiger partial charge is 0.469 e. The first-order valence-corrected chi connectivity index (χ1v) is 11.2. The minimum Gasteiger partial charge on any atom is -0.469 e. The first kappa shape index (κ1) is 24.4. The Morgan fingerprint density at radius 1 is 0.806 bits per heavy atom. The second kappa shape index (κ2) is 11.1. The molecule has 1 unspecified atom stereocenters. The zero-order valence-electron chi connectivity index (χ0n) is 19.8. The number of carbonyl (C=O) groups is 3. The third-order valence-corrected chi connectivity index (χ3v) is 5.49. The zero-order valence-corrected chi connectivity index (χ0v) is 19.8. The third-order valence-electron chi connectivity index (χ3n) is 5.49. The summed E-state index contributed by atoms with van der Waals surface area (Å²) in [6.45, 7) is 0. The summed E-state index contributed by atoms with van der Waals surface area (Å²) in [4.78, 5) is 38.4. The number of hydrogen-bond acceptors (Lipinski definition) is 7. The number of ether oxygens (including phenoxy) is 3. The van der Waals surface area contributed by atoms with Crippen molar-refractivity contribution in [2.75, 3.05) is 14.2 Å². The van der Waals surface area contributed by atoms with Crippen LogP contribution in [-0.4, -0.2) is 41.9 Å². The molecular formula is C28H24N2O6. The Kier molecular flexibility index (Phi) is 7.55. The molecule has 0 aliphatic carbocycles. The van der Waals surface area contributed by atoms with Gasteiger partial charge >= 0.3 is 17.9 Å². The number of benzene rings is 3. The van der Waals surface area contributed by atoms with Gasteiger partial charge in [-0.25, -0.2) is 14.3 Å². The number of carbonyl (C=O) groups excluding carboxylic acids is 3. The van der Waals surface area contributed by atoms with Gasteiger partial charge in [0.25, 0.3) is 0 Å². The second-order valence-electron chi connectivity index (χ2n) is 7.75. The predicted molar refractivity (Wildman–Crippen MR) is 131 cm³/mol. The number of rotatable bonds is 8. The van der Waals surface area contributed by atoms with Crippen LogP contribution in [0.1, 0.15) is 27.8 Å². The molecule has 8 heteroatoms. The van der Waals surface area contributed by atoms with Crippen molar-refractivity contribution >= 4 is 17.9 Å². The van der Waals surface area contributed by atoms with Gasteiger partial charge in [0.1, 0.15) is 5.69 Å². The summed E-state index contributed by atoms with van der Waals surface area (Å²) in [7, 11) is 2.50. The van der Waals surface area contributed by atoms with Crippen molar-refractivity contribution in [1.82, 2.24) is 9.78 Å². The van der Waals surface area contributed by atoms with Gasteiger partial charge in [-0.3, -0.25) is 4.79 Å². The summed E-state index contributed by atoms with van der Waals surface area (Å²) in [6.07, 6.45) is -1.63. The molecule has 1 heterocycles. The molecule has 0 aliphatic rings. The lowest BCUT2D eigenvalue weighted by atomic mass is 9.98. The summed E-state index contributed by atoms with van der Waals surface area (Å²) in [6, 6.07) is 26.5. The molecule has 4 aromatic rings. The van der Waals surface area contributed by atoms with E-state index in [9.17, 15) is 14.4 Å². The number of methoxy groups -OCH3 is 2. The van der Waals surface area contributed by atoms with Crippen LogP contribution in [-0.2, 0) is 30.2 Å². The van der Waals surface area contributed by atoms with Crippen LogP contribution < -0.4 is 0 Å². The highest BCUT2D eigenvalue weighted by Crippen LogP contribution is 2.36. The average molecular weight is 485 g/mol. The van der Waals surface area contributed by atoms with Crippen LogP contribution in [0.25, 0.3) is 16.8 Å². The SMILES string of the molecule is COC(=O)Cc1nn(-c2ccccc2)c(C(OC(=O)c2ccccc2)C(=O)OC)c1-c1ccccc1. The quantitative estimate of drug-likeness (QED) is 0.271. The van der Waals surface area contributed by atoms with E-state index in [1.807, 2.05) is 48.5 Å².